The van der Waals surface area contributed by atoms with Crippen molar-refractivity contribution < 1.29 is 4.79 Å². The van der Waals surface area contributed by atoms with Gasteiger partial charge in [-0.25, -0.2) is 4.98 Å². The molecule has 2 N–H and O–H groups in total. The zero-order valence-electron chi connectivity index (χ0n) is 13.4. The summed E-state index contributed by atoms with van der Waals surface area (Å²) in [7, 11) is 0. The number of aromatic nitrogens is 2. The average Bonchev–Trinajstić information content (AvgIpc) is 2.90. The van der Waals surface area contributed by atoms with Gasteiger partial charge in [-0.05, 0) is 30.2 Å². The zero-order valence-corrected chi connectivity index (χ0v) is 14.9. The molecule has 126 valence electrons. The van der Waals surface area contributed by atoms with Crippen molar-refractivity contribution >= 4 is 39.1 Å². The molecule has 25 heavy (non-hydrogen) atoms. The van der Waals surface area contributed by atoms with E-state index in [1.165, 1.54) is 4.57 Å². The van der Waals surface area contributed by atoms with E-state index >= 15 is 0 Å². The van der Waals surface area contributed by atoms with Gasteiger partial charge in [-0.15, -0.1) is 17.8 Å². The summed E-state index contributed by atoms with van der Waals surface area (Å²) in [6.07, 6.45) is 5.84. The SMILES string of the molecule is C#CCn1c(Cc2ccc(Cl)cc2)nc2sc(C(N)=O)c(C)c2c1=O. The second-order valence-corrected chi connectivity index (χ2v) is 6.96. The van der Waals surface area contributed by atoms with E-state index in [-0.39, 0.29) is 12.1 Å². The summed E-state index contributed by atoms with van der Waals surface area (Å²) in [5.74, 6) is 2.46. The highest BCUT2D eigenvalue weighted by atomic mass is 35.5. The topological polar surface area (TPSA) is 78.0 Å². The van der Waals surface area contributed by atoms with E-state index in [0.29, 0.717) is 37.9 Å². The molecule has 2 heterocycles. The van der Waals surface area contributed by atoms with Gasteiger partial charge in [-0.1, -0.05) is 29.7 Å². The van der Waals surface area contributed by atoms with E-state index in [1.807, 2.05) is 12.1 Å². The Labute approximate surface area is 153 Å². The van der Waals surface area contributed by atoms with Crippen LogP contribution in [0.15, 0.2) is 29.1 Å². The molecule has 0 spiro atoms. The number of halogens is 1. The number of terminal acetylenes is 1. The third kappa shape index (κ3) is 3.16. The van der Waals surface area contributed by atoms with E-state index in [0.717, 1.165) is 16.9 Å². The molecule has 0 unspecified atom stereocenters. The first-order valence-electron chi connectivity index (χ1n) is 7.43. The molecule has 5 nitrogen and oxygen atoms in total. The first-order valence-corrected chi connectivity index (χ1v) is 8.62. The molecule has 0 saturated carbocycles. The molecule has 1 amide bonds. The average molecular weight is 372 g/mol. The molecule has 3 rings (SSSR count). The normalized spacial score (nSPS) is 10.8. The van der Waals surface area contributed by atoms with Crippen LogP contribution in [-0.4, -0.2) is 15.5 Å². The Hall–Kier alpha value is -2.62. The predicted molar refractivity (Wildman–Crippen MR) is 100 cm³/mol. The number of thiophene rings is 1. The number of amides is 1. The smallest absolute Gasteiger partial charge is 0.263 e. The van der Waals surface area contributed by atoms with Crippen LogP contribution in [0.25, 0.3) is 10.2 Å². The molecule has 0 radical (unpaired) electrons. The molecular formula is C18H14ClN3O2S. The fourth-order valence-electron chi connectivity index (χ4n) is 2.67. The minimum atomic E-state index is -0.567. The number of hydrogen-bond acceptors (Lipinski definition) is 4. The number of aryl methyl sites for hydroxylation is 1. The van der Waals surface area contributed by atoms with Crippen molar-refractivity contribution in [3.05, 3.63) is 61.5 Å². The van der Waals surface area contributed by atoms with Gasteiger partial charge in [0.2, 0.25) is 0 Å². The minimum absolute atomic E-state index is 0.103. The number of nitrogens with zero attached hydrogens (tertiary/aromatic N) is 2. The van der Waals surface area contributed by atoms with E-state index in [2.05, 4.69) is 10.9 Å². The second-order valence-electron chi connectivity index (χ2n) is 5.53. The number of carbonyl (C=O) groups excluding carboxylic acids is 1. The van der Waals surface area contributed by atoms with Crippen molar-refractivity contribution in [2.45, 2.75) is 19.9 Å². The summed E-state index contributed by atoms with van der Waals surface area (Å²) in [5.41, 5.74) is 6.63. The quantitative estimate of drug-likeness (QED) is 0.716. The molecule has 0 atom stereocenters. The molecule has 0 aliphatic heterocycles. The molecule has 2 aromatic heterocycles. The van der Waals surface area contributed by atoms with Gasteiger partial charge in [0.25, 0.3) is 11.5 Å². The lowest BCUT2D eigenvalue weighted by Crippen LogP contribution is -2.25. The largest absolute Gasteiger partial charge is 0.365 e. The van der Waals surface area contributed by atoms with Gasteiger partial charge < -0.3 is 5.73 Å². The fraction of sp³-hybridized carbons (Fsp3) is 0.167. The van der Waals surface area contributed by atoms with E-state index < -0.39 is 5.91 Å². The summed E-state index contributed by atoms with van der Waals surface area (Å²) in [5, 5.41) is 1.03. The third-order valence-electron chi connectivity index (χ3n) is 3.88. The molecule has 0 bridgehead atoms. The lowest BCUT2D eigenvalue weighted by Gasteiger charge is -2.10. The minimum Gasteiger partial charge on any atom is -0.365 e. The van der Waals surface area contributed by atoms with Gasteiger partial charge in [0.05, 0.1) is 16.8 Å². The van der Waals surface area contributed by atoms with Gasteiger partial charge in [0.1, 0.15) is 10.7 Å². The summed E-state index contributed by atoms with van der Waals surface area (Å²) >= 11 is 7.04. The number of rotatable bonds is 4. The molecule has 1 aromatic carbocycles. The van der Waals surface area contributed by atoms with Gasteiger partial charge in [0.15, 0.2) is 0 Å². The molecule has 7 heteroatoms. The number of benzene rings is 1. The molecule has 0 aliphatic rings. The summed E-state index contributed by atoms with van der Waals surface area (Å²) in [6, 6.07) is 7.29. The number of carbonyl (C=O) groups is 1. The monoisotopic (exact) mass is 371 g/mol. The molecule has 0 fully saturated rings. The lowest BCUT2D eigenvalue weighted by molar-refractivity contribution is 0.100. The van der Waals surface area contributed by atoms with E-state index in [9.17, 15) is 9.59 Å². The summed E-state index contributed by atoms with van der Waals surface area (Å²) < 4.78 is 1.46. The number of nitrogens with two attached hydrogens (primary N) is 1. The van der Waals surface area contributed by atoms with E-state index in [1.54, 1.807) is 19.1 Å². The van der Waals surface area contributed by atoms with Crippen LogP contribution in [0.4, 0.5) is 0 Å². The standard InChI is InChI=1S/C18H14ClN3O2S/c1-3-8-22-13(9-11-4-6-12(19)7-5-11)21-17-14(18(22)24)10(2)15(25-17)16(20)23/h1,4-7H,8-9H2,2H3,(H2,20,23). The van der Waals surface area contributed by atoms with Crippen molar-refractivity contribution in [3.8, 4) is 12.3 Å². The van der Waals surface area contributed by atoms with Crippen molar-refractivity contribution in [3.63, 3.8) is 0 Å². The van der Waals surface area contributed by atoms with Crippen molar-refractivity contribution in [1.82, 2.24) is 9.55 Å². The Morgan fingerprint density at radius 2 is 2.08 bits per heavy atom. The van der Waals surface area contributed by atoms with Crippen LogP contribution < -0.4 is 11.3 Å². The fourth-order valence-corrected chi connectivity index (χ4v) is 3.84. The Kier molecular flexibility index (Phi) is 4.62. The molecule has 0 saturated heterocycles. The van der Waals surface area contributed by atoms with Crippen LogP contribution in [0, 0.1) is 19.3 Å². The maximum atomic E-state index is 12.9. The van der Waals surface area contributed by atoms with Gasteiger partial charge in [0, 0.05) is 11.4 Å². The molecular weight excluding hydrogens is 358 g/mol. The van der Waals surface area contributed by atoms with Crippen LogP contribution >= 0.6 is 22.9 Å². The van der Waals surface area contributed by atoms with Crippen molar-refractivity contribution in [1.29, 1.82) is 0 Å². The van der Waals surface area contributed by atoms with Crippen LogP contribution in [0.3, 0.4) is 0 Å². The van der Waals surface area contributed by atoms with Gasteiger partial charge >= 0.3 is 0 Å². The predicted octanol–water partition coefficient (Wildman–Crippen LogP) is 2.74. The lowest BCUT2D eigenvalue weighted by atomic mass is 10.1. The first kappa shape index (κ1) is 17.2. The molecule has 3 aromatic rings. The number of primary amides is 1. The highest BCUT2D eigenvalue weighted by Crippen LogP contribution is 2.27. The molecule has 0 aliphatic carbocycles. The highest BCUT2D eigenvalue weighted by molar-refractivity contribution is 7.20. The van der Waals surface area contributed by atoms with E-state index in [4.69, 9.17) is 23.8 Å². The third-order valence-corrected chi connectivity index (χ3v) is 5.33. The second kappa shape index (κ2) is 6.71. The maximum Gasteiger partial charge on any atom is 0.263 e. The summed E-state index contributed by atoms with van der Waals surface area (Å²) in [6.45, 7) is 1.80. The van der Waals surface area contributed by atoms with Gasteiger partial charge in [-0.3, -0.25) is 14.2 Å². The first-order chi connectivity index (χ1) is 11.9. The van der Waals surface area contributed by atoms with Crippen molar-refractivity contribution in [2.24, 2.45) is 5.73 Å². The number of hydrogen-bond donors (Lipinski definition) is 1. The number of fused-ring (bicyclic) bond motifs is 1. The van der Waals surface area contributed by atoms with Crippen LogP contribution in [0.5, 0.6) is 0 Å². The Bertz CT molecular complexity index is 1070. The zero-order chi connectivity index (χ0) is 18.1. The van der Waals surface area contributed by atoms with Crippen LogP contribution in [0.1, 0.15) is 26.6 Å². The van der Waals surface area contributed by atoms with Gasteiger partial charge in [-0.2, -0.15) is 0 Å². The van der Waals surface area contributed by atoms with Crippen LogP contribution in [0.2, 0.25) is 5.02 Å². The summed E-state index contributed by atoms with van der Waals surface area (Å²) in [4.78, 5) is 29.9. The Morgan fingerprint density at radius 1 is 1.40 bits per heavy atom. The Morgan fingerprint density at radius 3 is 2.68 bits per heavy atom. The Balaban J connectivity index is 2.22. The van der Waals surface area contributed by atoms with Crippen LogP contribution in [-0.2, 0) is 13.0 Å². The van der Waals surface area contributed by atoms with Crippen molar-refractivity contribution in [2.75, 3.05) is 0 Å². The maximum absolute atomic E-state index is 12.9. The highest BCUT2D eigenvalue weighted by Gasteiger charge is 2.20.